The van der Waals surface area contributed by atoms with Gasteiger partial charge in [-0.1, -0.05) is 11.6 Å². The van der Waals surface area contributed by atoms with E-state index in [9.17, 15) is 4.79 Å². The van der Waals surface area contributed by atoms with E-state index < -0.39 is 0 Å². The Balaban J connectivity index is 1.33. The molecule has 0 atom stereocenters. The van der Waals surface area contributed by atoms with Gasteiger partial charge in [-0.05, 0) is 51.2 Å². The maximum absolute atomic E-state index is 12.4. The van der Waals surface area contributed by atoms with Gasteiger partial charge >= 0.3 is 0 Å². The van der Waals surface area contributed by atoms with Gasteiger partial charge in [-0.3, -0.25) is 4.79 Å². The Morgan fingerprint density at radius 1 is 1.21 bits per heavy atom. The van der Waals surface area contributed by atoms with Crippen LogP contribution in [-0.2, 0) is 0 Å². The Morgan fingerprint density at radius 2 is 2.07 bits per heavy atom. The van der Waals surface area contributed by atoms with Gasteiger partial charge in [0.2, 0.25) is 0 Å². The van der Waals surface area contributed by atoms with Crippen molar-refractivity contribution in [2.75, 3.05) is 42.9 Å². The first-order valence-electron chi connectivity index (χ1n) is 10.5. The Kier molecular flexibility index (Phi) is 6.12. The van der Waals surface area contributed by atoms with Crippen molar-refractivity contribution in [3.8, 4) is 0 Å². The fourth-order valence-electron chi connectivity index (χ4n) is 3.98. The molecule has 1 fully saturated rings. The summed E-state index contributed by atoms with van der Waals surface area (Å²) < 4.78 is 5.24. The lowest BCUT2D eigenvalue weighted by atomic mass is 9.97. The molecule has 1 aliphatic heterocycles. The zero-order valence-electron chi connectivity index (χ0n) is 17.1. The highest BCUT2D eigenvalue weighted by Gasteiger charge is 2.24. The zero-order valence-corrected chi connectivity index (χ0v) is 17.1. The molecule has 0 saturated carbocycles. The first-order chi connectivity index (χ1) is 14.2. The Morgan fingerprint density at radius 3 is 2.79 bits per heavy atom. The number of allylic oxidation sites excluding steroid dienone is 1. The minimum atomic E-state index is -0.0482. The largest absolute Gasteiger partial charge is 0.459 e. The summed E-state index contributed by atoms with van der Waals surface area (Å²) >= 11 is 0. The van der Waals surface area contributed by atoms with Crippen molar-refractivity contribution in [1.29, 1.82) is 0 Å². The van der Waals surface area contributed by atoms with Crippen LogP contribution in [0.1, 0.15) is 48.5 Å². The maximum atomic E-state index is 12.4. The van der Waals surface area contributed by atoms with Crippen LogP contribution in [0.2, 0.25) is 0 Å². The predicted molar refractivity (Wildman–Crippen MR) is 113 cm³/mol. The maximum Gasteiger partial charge on any atom is 0.289 e. The van der Waals surface area contributed by atoms with Gasteiger partial charge in [0.15, 0.2) is 5.76 Å². The van der Waals surface area contributed by atoms with Crippen molar-refractivity contribution < 1.29 is 9.21 Å². The monoisotopic (exact) mass is 395 g/mol. The molecule has 0 aromatic carbocycles. The molecule has 7 nitrogen and oxygen atoms in total. The number of carbonyl (C=O) groups is 1. The molecule has 0 unspecified atom stereocenters. The molecule has 4 rings (SSSR count). The molecular formula is C22H29N5O2. The number of nitrogens with one attached hydrogen (secondary N) is 1. The minimum absolute atomic E-state index is 0.0482. The molecule has 2 aliphatic rings. The average Bonchev–Trinajstić information content (AvgIpc) is 3.29. The van der Waals surface area contributed by atoms with Crippen molar-refractivity contribution in [3.05, 3.63) is 47.7 Å². The average molecular weight is 396 g/mol. The van der Waals surface area contributed by atoms with Gasteiger partial charge in [-0.15, -0.1) is 0 Å². The number of hydrogen-bond donors (Lipinski definition) is 1. The van der Waals surface area contributed by atoms with E-state index in [4.69, 9.17) is 4.42 Å². The molecule has 154 valence electrons. The molecule has 29 heavy (non-hydrogen) atoms. The number of carbonyl (C=O) groups excluding carboxylic acids is 1. The highest BCUT2D eigenvalue weighted by molar-refractivity contribution is 5.91. The fraction of sp³-hybridized carbons (Fsp3) is 0.500. The fourth-order valence-corrected chi connectivity index (χ4v) is 3.98. The molecule has 2 aromatic heterocycles. The van der Waals surface area contributed by atoms with E-state index >= 15 is 0 Å². The predicted octanol–water partition coefficient (Wildman–Crippen LogP) is 3.64. The van der Waals surface area contributed by atoms with E-state index in [-0.39, 0.29) is 5.91 Å². The van der Waals surface area contributed by atoms with Crippen LogP contribution in [0.25, 0.3) is 0 Å². The van der Waals surface area contributed by atoms with Gasteiger partial charge in [0.05, 0.1) is 6.26 Å². The third-order valence-electron chi connectivity index (χ3n) is 5.58. The van der Waals surface area contributed by atoms with Gasteiger partial charge in [0, 0.05) is 38.8 Å². The van der Waals surface area contributed by atoms with Crippen LogP contribution in [0, 0.1) is 6.92 Å². The SMILES string of the molecule is Cc1nc(NCCC2=CCCCC2)cc(N2CCN(C(=O)c3ccco3)CC2)n1. The molecule has 1 amide bonds. The standard InChI is InChI=1S/C22H29N5O2/c1-17-24-20(23-10-9-18-6-3-2-4-7-18)16-21(25-17)26-11-13-27(14-12-26)22(28)19-8-5-15-29-19/h5-6,8,15-16H,2-4,7,9-14H2,1H3,(H,23,24,25). The van der Waals surface area contributed by atoms with Crippen LogP contribution in [0.4, 0.5) is 11.6 Å². The molecule has 1 aliphatic carbocycles. The summed E-state index contributed by atoms with van der Waals surface area (Å²) in [7, 11) is 0. The number of anilines is 2. The number of rotatable bonds is 6. The van der Waals surface area contributed by atoms with E-state index in [0.717, 1.165) is 43.5 Å². The number of aromatic nitrogens is 2. The normalized spacial score (nSPS) is 17.2. The molecule has 1 saturated heterocycles. The second kappa shape index (κ2) is 9.11. The lowest BCUT2D eigenvalue weighted by Gasteiger charge is -2.35. The third-order valence-corrected chi connectivity index (χ3v) is 5.58. The Bertz CT molecular complexity index is 854. The van der Waals surface area contributed by atoms with E-state index in [2.05, 4.69) is 26.3 Å². The number of furan rings is 1. The summed E-state index contributed by atoms with van der Waals surface area (Å²) in [4.78, 5) is 25.6. The first-order valence-corrected chi connectivity index (χ1v) is 10.5. The molecule has 0 spiro atoms. The molecular weight excluding hydrogens is 366 g/mol. The van der Waals surface area contributed by atoms with Crippen molar-refractivity contribution in [2.45, 2.75) is 39.0 Å². The number of amides is 1. The molecule has 2 aromatic rings. The summed E-state index contributed by atoms with van der Waals surface area (Å²) in [5.41, 5.74) is 1.56. The van der Waals surface area contributed by atoms with Crippen LogP contribution >= 0.6 is 0 Å². The molecule has 0 bridgehead atoms. The first kappa shape index (κ1) is 19.5. The van der Waals surface area contributed by atoms with Crippen LogP contribution in [0.3, 0.4) is 0 Å². The quantitative estimate of drug-likeness (QED) is 0.753. The van der Waals surface area contributed by atoms with Crippen molar-refractivity contribution >= 4 is 17.5 Å². The van der Waals surface area contributed by atoms with Crippen molar-refractivity contribution in [2.24, 2.45) is 0 Å². The third kappa shape index (κ3) is 4.96. The summed E-state index contributed by atoms with van der Waals surface area (Å²) in [6.07, 6.45) is 10.1. The molecule has 0 radical (unpaired) electrons. The van der Waals surface area contributed by atoms with E-state index in [1.54, 1.807) is 17.7 Å². The van der Waals surface area contributed by atoms with Gasteiger partial charge < -0.3 is 19.5 Å². The molecule has 3 heterocycles. The highest BCUT2D eigenvalue weighted by atomic mass is 16.3. The van der Waals surface area contributed by atoms with Gasteiger partial charge in [0.1, 0.15) is 17.5 Å². The van der Waals surface area contributed by atoms with Crippen LogP contribution in [0.5, 0.6) is 0 Å². The summed E-state index contributed by atoms with van der Waals surface area (Å²) in [6, 6.07) is 5.47. The summed E-state index contributed by atoms with van der Waals surface area (Å²) in [5, 5.41) is 3.46. The smallest absolute Gasteiger partial charge is 0.289 e. The topological polar surface area (TPSA) is 74.5 Å². The number of aryl methyl sites for hydroxylation is 1. The van der Waals surface area contributed by atoms with Gasteiger partial charge in [-0.25, -0.2) is 9.97 Å². The van der Waals surface area contributed by atoms with Crippen molar-refractivity contribution in [1.82, 2.24) is 14.9 Å². The van der Waals surface area contributed by atoms with Crippen LogP contribution in [0.15, 0.2) is 40.5 Å². The second-order valence-corrected chi connectivity index (χ2v) is 7.70. The lowest BCUT2D eigenvalue weighted by molar-refractivity contribution is 0.0714. The Hall–Kier alpha value is -2.83. The number of piperazine rings is 1. The zero-order chi connectivity index (χ0) is 20.1. The van der Waals surface area contributed by atoms with Gasteiger partial charge in [0.25, 0.3) is 5.91 Å². The van der Waals surface area contributed by atoms with Crippen molar-refractivity contribution in [3.63, 3.8) is 0 Å². The summed E-state index contributed by atoms with van der Waals surface area (Å²) in [5.74, 6) is 2.90. The highest BCUT2D eigenvalue weighted by Crippen LogP contribution is 2.21. The Labute approximate surface area is 171 Å². The van der Waals surface area contributed by atoms with Crippen LogP contribution < -0.4 is 10.2 Å². The molecule has 7 heteroatoms. The summed E-state index contributed by atoms with van der Waals surface area (Å²) in [6.45, 7) is 5.62. The van der Waals surface area contributed by atoms with E-state index in [1.165, 1.54) is 31.9 Å². The lowest BCUT2D eigenvalue weighted by Crippen LogP contribution is -2.49. The van der Waals surface area contributed by atoms with Crippen LogP contribution in [-0.4, -0.2) is 53.5 Å². The van der Waals surface area contributed by atoms with E-state index in [0.29, 0.717) is 18.8 Å². The van der Waals surface area contributed by atoms with Gasteiger partial charge in [-0.2, -0.15) is 0 Å². The number of nitrogens with zero attached hydrogens (tertiary/aromatic N) is 4. The molecule has 1 N–H and O–H groups in total. The number of hydrogen-bond acceptors (Lipinski definition) is 6. The minimum Gasteiger partial charge on any atom is -0.459 e. The van der Waals surface area contributed by atoms with E-state index in [1.807, 2.05) is 17.9 Å². The second-order valence-electron chi connectivity index (χ2n) is 7.70.